The minimum absolute atomic E-state index is 0.0861. The number of rotatable bonds is 8. The molecule has 0 unspecified atom stereocenters. The van der Waals surface area contributed by atoms with E-state index in [2.05, 4.69) is 4.57 Å². The van der Waals surface area contributed by atoms with Gasteiger partial charge >= 0.3 is 5.97 Å². The number of aromatic nitrogens is 1. The summed E-state index contributed by atoms with van der Waals surface area (Å²) in [5.41, 5.74) is 2.56. The lowest BCUT2D eigenvalue weighted by molar-refractivity contribution is -0.141. The zero-order chi connectivity index (χ0) is 22.4. The normalized spacial score (nSPS) is 13.4. The molecule has 2 atom stereocenters. The van der Waals surface area contributed by atoms with Crippen molar-refractivity contribution in [1.29, 1.82) is 5.26 Å². The van der Waals surface area contributed by atoms with Crippen LogP contribution in [0.4, 0.5) is 4.39 Å². The molecule has 0 aliphatic carbocycles. The molecule has 0 spiro atoms. The molecule has 158 valence electrons. The van der Waals surface area contributed by atoms with Crippen LogP contribution in [0.15, 0.2) is 35.9 Å². The van der Waals surface area contributed by atoms with Crippen molar-refractivity contribution >= 4 is 17.8 Å². The molecule has 6 nitrogen and oxygen atoms in total. The zero-order valence-electron chi connectivity index (χ0n) is 17.7. The largest absolute Gasteiger partial charge is 0.450 e. The summed E-state index contributed by atoms with van der Waals surface area (Å²) in [6.45, 7) is 7.78. The molecule has 0 aliphatic rings. The van der Waals surface area contributed by atoms with Gasteiger partial charge in [-0.25, -0.2) is 9.18 Å². The van der Waals surface area contributed by atoms with E-state index in [4.69, 9.17) is 9.47 Å². The summed E-state index contributed by atoms with van der Waals surface area (Å²) in [5.74, 6) is -1.84. The molecule has 1 aromatic heterocycles. The van der Waals surface area contributed by atoms with Gasteiger partial charge in [-0.15, -0.1) is 0 Å². The number of hydrogen-bond acceptors (Lipinski definition) is 5. The average molecular weight is 412 g/mol. The van der Waals surface area contributed by atoms with Crippen LogP contribution in [0.3, 0.4) is 0 Å². The third-order valence-corrected chi connectivity index (χ3v) is 4.79. The number of halogens is 1. The van der Waals surface area contributed by atoms with Crippen LogP contribution in [0.25, 0.3) is 6.08 Å². The molecule has 0 fully saturated rings. The molecule has 0 amide bonds. The maximum atomic E-state index is 13.0. The average Bonchev–Trinajstić information content (AvgIpc) is 2.99. The zero-order valence-corrected chi connectivity index (χ0v) is 17.7. The molecule has 0 N–H and O–H groups in total. The lowest BCUT2D eigenvalue weighted by atomic mass is 10.1. The summed E-state index contributed by atoms with van der Waals surface area (Å²) in [6.07, 6.45) is 0.337. The summed E-state index contributed by atoms with van der Waals surface area (Å²) in [6, 6.07) is 8.75. The number of methoxy groups -OCH3 is 1. The Morgan fingerprint density at radius 1 is 1.23 bits per heavy atom. The molecule has 0 radical (unpaired) electrons. The van der Waals surface area contributed by atoms with E-state index in [-0.39, 0.29) is 17.2 Å². The highest BCUT2D eigenvalue weighted by atomic mass is 19.1. The van der Waals surface area contributed by atoms with Gasteiger partial charge in [-0.1, -0.05) is 0 Å². The van der Waals surface area contributed by atoms with Crippen LogP contribution >= 0.6 is 0 Å². The number of benzene rings is 1. The van der Waals surface area contributed by atoms with Gasteiger partial charge < -0.3 is 14.0 Å². The Hall–Kier alpha value is -3.24. The molecule has 30 heavy (non-hydrogen) atoms. The minimum Gasteiger partial charge on any atom is -0.450 e. The number of hydrogen-bond donors (Lipinski definition) is 0. The topological polar surface area (TPSA) is 81.3 Å². The Balaban J connectivity index is 2.21. The lowest BCUT2D eigenvalue weighted by Gasteiger charge is -2.17. The Kier molecular flexibility index (Phi) is 7.67. The van der Waals surface area contributed by atoms with Crippen molar-refractivity contribution in [2.75, 3.05) is 13.7 Å². The van der Waals surface area contributed by atoms with Crippen LogP contribution in [0.5, 0.6) is 0 Å². The van der Waals surface area contributed by atoms with Gasteiger partial charge in [0.15, 0.2) is 6.10 Å². The number of aryl methyl sites for hydroxylation is 1. The number of carbonyl (C=O) groups excluding carboxylic acids is 2. The van der Waals surface area contributed by atoms with Crippen molar-refractivity contribution < 1.29 is 23.5 Å². The molecule has 1 aromatic carbocycles. The molecule has 0 bridgehead atoms. The van der Waals surface area contributed by atoms with E-state index in [0.717, 1.165) is 23.5 Å². The molecule has 2 rings (SSSR count). The molecular weight excluding hydrogens is 387 g/mol. The van der Waals surface area contributed by atoms with Crippen molar-refractivity contribution in [1.82, 2.24) is 4.57 Å². The number of nitrogens with zero attached hydrogens (tertiary/aromatic N) is 2. The number of ether oxygens (including phenoxy) is 2. The Morgan fingerprint density at radius 3 is 2.43 bits per heavy atom. The van der Waals surface area contributed by atoms with E-state index in [1.165, 1.54) is 25.1 Å². The Bertz CT molecular complexity index is 999. The smallest absolute Gasteiger partial charge is 0.349 e. The second kappa shape index (κ2) is 9.99. The van der Waals surface area contributed by atoms with Crippen LogP contribution in [0.2, 0.25) is 0 Å². The van der Waals surface area contributed by atoms with E-state index in [1.54, 1.807) is 7.11 Å². The molecule has 0 saturated carbocycles. The summed E-state index contributed by atoms with van der Waals surface area (Å²) < 4.78 is 25.5. The Morgan fingerprint density at radius 2 is 1.87 bits per heavy atom. The highest BCUT2D eigenvalue weighted by Gasteiger charge is 2.22. The summed E-state index contributed by atoms with van der Waals surface area (Å²) >= 11 is 0. The van der Waals surface area contributed by atoms with Crippen LogP contribution in [0.1, 0.15) is 47.2 Å². The van der Waals surface area contributed by atoms with E-state index in [1.807, 2.05) is 32.9 Å². The van der Waals surface area contributed by atoms with E-state index >= 15 is 0 Å². The van der Waals surface area contributed by atoms with E-state index in [9.17, 15) is 19.2 Å². The van der Waals surface area contributed by atoms with E-state index in [0.29, 0.717) is 12.2 Å². The standard InChI is InChI=1S/C23H25FN2O4/c1-14-10-19(16(3)26(14)15(2)13-29-5)11-20(12-25)23(28)30-17(4)22(27)18-6-8-21(24)9-7-18/h6-11,15,17H,13H2,1-5H3/b20-11+/t15-,17+/m1/s1. The van der Waals surface area contributed by atoms with Crippen molar-refractivity contribution in [3.05, 3.63) is 64.2 Å². The van der Waals surface area contributed by atoms with Crippen molar-refractivity contribution in [2.45, 2.75) is 39.8 Å². The summed E-state index contributed by atoms with van der Waals surface area (Å²) in [4.78, 5) is 24.8. The predicted molar refractivity (Wildman–Crippen MR) is 110 cm³/mol. The molecule has 0 aliphatic heterocycles. The fourth-order valence-corrected chi connectivity index (χ4v) is 3.36. The molecule has 2 aromatic rings. The fourth-order valence-electron chi connectivity index (χ4n) is 3.36. The van der Waals surface area contributed by atoms with Crippen LogP contribution in [-0.2, 0) is 14.3 Å². The SMILES string of the molecule is COC[C@@H](C)n1c(C)cc(/C=C(\C#N)C(=O)O[C@@H](C)C(=O)c2ccc(F)cc2)c1C. The maximum absolute atomic E-state index is 13.0. The first kappa shape index (κ1) is 23.0. The Labute approximate surface area is 175 Å². The van der Waals surface area contributed by atoms with Crippen molar-refractivity contribution in [2.24, 2.45) is 0 Å². The molecule has 7 heteroatoms. The minimum atomic E-state index is -1.12. The third-order valence-electron chi connectivity index (χ3n) is 4.79. The van der Waals surface area contributed by atoms with Gasteiger partial charge in [0.25, 0.3) is 0 Å². The van der Waals surface area contributed by atoms with Gasteiger partial charge in [0.1, 0.15) is 17.5 Å². The van der Waals surface area contributed by atoms with E-state index < -0.39 is 23.7 Å². The van der Waals surface area contributed by atoms with Crippen LogP contribution in [-0.4, -0.2) is 36.1 Å². The number of nitriles is 1. The number of ketones is 1. The first-order valence-corrected chi connectivity index (χ1v) is 9.49. The number of carbonyl (C=O) groups is 2. The number of Topliss-reactive ketones (excluding diaryl/α,β-unsaturated/α-hetero) is 1. The van der Waals surface area contributed by atoms with Crippen molar-refractivity contribution in [3.8, 4) is 6.07 Å². The summed E-state index contributed by atoms with van der Waals surface area (Å²) in [5, 5.41) is 9.44. The molecule has 1 heterocycles. The molecular formula is C23H25FN2O4. The summed E-state index contributed by atoms with van der Waals surface area (Å²) in [7, 11) is 1.63. The van der Waals surface area contributed by atoms with Crippen LogP contribution in [0, 0.1) is 31.0 Å². The highest BCUT2D eigenvalue weighted by molar-refractivity contribution is 6.03. The van der Waals surface area contributed by atoms with Gasteiger partial charge in [0, 0.05) is 24.1 Å². The van der Waals surface area contributed by atoms with Gasteiger partial charge in [0.2, 0.25) is 5.78 Å². The quantitative estimate of drug-likeness (QED) is 0.281. The fraction of sp³-hybridized carbons (Fsp3) is 0.348. The number of esters is 1. The van der Waals surface area contributed by atoms with Gasteiger partial charge in [-0.05, 0) is 69.7 Å². The van der Waals surface area contributed by atoms with Crippen LogP contribution < -0.4 is 0 Å². The van der Waals surface area contributed by atoms with Crippen molar-refractivity contribution in [3.63, 3.8) is 0 Å². The maximum Gasteiger partial charge on any atom is 0.349 e. The first-order chi connectivity index (χ1) is 14.2. The highest BCUT2D eigenvalue weighted by Crippen LogP contribution is 2.23. The first-order valence-electron chi connectivity index (χ1n) is 9.49. The predicted octanol–water partition coefficient (Wildman–Crippen LogP) is 4.17. The second-order valence-corrected chi connectivity index (χ2v) is 7.09. The second-order valence-electron chi connectivity index (χ2n) is 7.09. The van der Waals surface area contributed by atoms with Gasteiger partial charge in [-0.3, -0.25) is 4.79 Å². The third kappa shape index (κ3) is 5.22. The molecule has 0 saturated heterocycles. The lowest BCUT2D eigenvalue weighted by Crippen LogP contribution is -2.25. The monoisotopic (exact) mass is 412 g/mol. The van der Waals surface area contributed by atoms with Gasteiger partial charge in [-0.2, -0.15) is 5.26 Å². The van der Waals surface area contributed by atoms with Gasteiger partial charge in [0.05, 0.1) is 12.6 Å².